The maximum Gasteiger partial charge on any atom is 0.417 e. The van der Waals surface area contributed by atoms with Crippen molar-refractivity contribution in [2.24, 2.45) is 0 Å². The van der Waals surface area contributed by atoms with Crippen LogP contribution in [0.15, 0.2) is 72.6 Å². The first-order chi connectivity index (χ1) is 19.3. The van der Waals surface area contributed by atoms with Crippen molar-refractivity contribution >= 4 is 12.0 Å². The average Bonchev–Trinajstić information content (AvgIpc) is 3.44. The first kappa shape index (κ1) is 27.1. The van der Waals surface area contributed by atoms with Gasteiger partial charge in [0.1, 0.15) is 11.4 Å². The van der Waals surface area contributed by atoms with Gasteiger partial charge >= 0.3 is 6.18 Å². The van der Waals surface area contributed by atoms with E-state index in [0.29, 0.717) is 17.0 Å². The number of carbonyl (C=O) groups excluding carboxylic acids is 1. The van der Waals surface area contributed by atoms with Gasteiger partial charge in [-0.2, -0.15) is 18.3 Å². The van der Waals surface area contributed by atoms with E-state index in [1.807, 2.05) is 31.2 Å². The lowest BCUT2D eigenvalue weighted by molar-refractivity contribution is -0.137. The van der Waals surface area contributed by atoms with Gasteiger partial charge < -0.3 is 10.1 Å². The van der Waals surface area contributed by atoms with Gasteiger partial charge in [-0.05, 0) is 74.1 Å². The van der Waals surface area contributed by atoms with Crippen LogP contribution in [0.25, 0.3) is 17.5 Å². The number of nitrogens with one attached hydrogen (secondary N) is 2. The first-order valence-electron chi connectivity index (χ1n) is 13.1. The number of allylic oxidation sites excluding steroid dienone is 1. The van der Waals surface area contributed by atoms with E-state index < -0.39 is 11.7 Å². The Labute approximate surface area is 229 Å². The molecule has 0 spiro atoms. The zero-order chi connectivity index (χ0) is 28.1. The number of carbonyl (C=O) groups is 1. The summed E-state index contributed by atoms with van der Waals surface area (Å²) in [5.41, 5.74) is 4.36. The summed E-state index contributed by atoms with van der Waals surface area (Å²) in [6, 6.07) is 15.1. The Balaban J connectivity index is 1.13. The average molecular weight is 548 g/mol. The van der Waals surface area contributed by atoms with E-state index in [4.69, 9.17) is 4.74 Å². The van der Waals surface area contributed by atoms with Crippen LogP contribution in [0.1, 0.15) is 59.8 Å². The number of alkyl halides is 3. The molecule has 4 aromatic rings. The topological polar surface area (TPSA) is 92.8 Å². The zero-order valence-electron chi connectivity index (χ0n) is 21.8. The largest absolute Gasteiger partial charge is 0.439 e. The summed E-state index contributed by atoms with van der Waals surface area (Å²) in [4.78, 5) is 20.9. The van der Waals surface area contributed by atoms with Gasteiger partial charge in [0.05, 0.1) is 16.8 Å². The molecule has 0 aliphatic heterocycles. The molecule has 206 valence electrons. The Hall–Kier alpha value is -4.47. The van der Waals surface area contributed by atoms with Crippen molar-refractivity contribution < 1.29 is 22.7 Å². The number of aromatic nitrogens is 4. The van der Waals surface area contributed by atoms with Crippen LogP contribution in [0, 0.1) is 0 Å². The van der Waals surface area contributed by atoms with Crippen molar-refractivity contribution in [3.05, 3.63) is 94.9 Å². The number of benzene rings is 1. The maximum atomic E-state index is 12.8. The molecule has 2 N–H and O–H groups in total. The molecule has 1 saturated carbocycles. The number of hydrogen-bond acceptors (Lipinski definition) is 5. The molecule has 5 rings (SSSR count). The minimum absolute atomic E-state index is 0.0724. The highest BCUT2D eigenvalue weighted by molar-refractivity contribution is 5.94. The molecule has 0 bridgehead atoms. The van der Waals surface area contributed by atoms with Crippen molar-refractivity contribution in [1.29, 1.82) is 0 Å². The second-order valence-electron chi connectivity index (χ2n) is 9.67. The molecule has 1 aliphatic rings. The van der Waals surface area contributed by atoms with Gasteiger partial charge in [-0.25, -0.2) is 4.98 Å². The Morgan fingerprint density at radius 1 is 1.05 bits per heavy atom. The summed E-state index contributed by atoms with van der Waals surface area (Å²) >= 11 is 0. The molecule has 7 nitrogen and oxygen atoms in total. The Morgan fingerprint density at radius 3 is 2.52 bits per heavy atom. The molecule has 3 aromatic heterocycles. The van der Waals surface area contributed by atoms with Gasteiger partial charge in [0.2, 0.25) is 5.88 Å². The molecule has 0 saturated heterocycles. The van der Waals surface area contributed by atoms with E-state index in [1.165, 1.54) is 11.6 Å². The number of aromatic amines is 1. The minimum atomic E-state index is -4.44. The van der Waals surface area contributed by atoms with Gasteiger partial charge in [0.15, 0.2) is 0 Å². The quantitative estimate of drug-likeness (QED) is 0.260. The zero-order valence-corrected chi connectivity index (χ0v) is 21.8. The minimum Gasteiger partial charge on any atom is -0.439 e. The van der Waals surface area contributed by atoms with E-state index in [0.717, 1.165) is 61.3 Å². The first-order valence-corrected chi connectivity index (χ1v) is 13.1. The third-order valence-corrected chi connectivity index (χ3v) is 6.78. The normalized spacial score (nSPS) is 15.5. The van der Waals surface area contributed by atoms with Crippen LogP contribution < -0.4 is 10.1 Å². The van der Waals surface area contributed by atoms with Crippen LogP contribution in [-0.4, -0.2) is 32.1 Å². The predicted octanol–water partition coefficient (Wildman–Crippen LogP) is 7.00. The highest BCUT2D eigenvalue weighted by Crippen LogP contribution is 2.31. The number of amides is 1. The van der Waals surface area contributed by atoms with Crippen molar-refractivity contribution in [2.75, 3.05) is 0 Å². The molecule has 3 heterocycles. The van der Waals surface area contributed by atoms with Crippen LogP contribution in [0.2, 0.25) is 0 Å². The van der Waals surface area contributed by atoms with E-state index in [2.05, 4.69) is 31.6 Å². The molecule has 1 fully saturated rings. The Kier molecular flexibility index (Phi) is 7.95. The summed E-state index contributed by atoms with van der Waals surface area (Å²) in [5.74, 6) is 0.431. The van der Waals surface area contributed by atoms with Gasteiger partial charge in [-0.3, -0.25) is 14.9 Å². The molecule has 0 radical (unpaired) electrons. The summed E-state index contributed by atoms with van der Waals surface area (Å²) in [5, 5.41) is 10.3. The monoisotopic (exact) mass is 547 g/mol. The van der Waals surface area contributed by atoms with Crippen LogP contribution >= 0.6 is 0 Å². The Morgan fingerprint density at radius 2 is 1.88 bits per heavy atom. The van der Waals surface area contributed by atoms with E-state index >= 15 is 0 Å². The highest BCUT2D eigenvalue weighted by atomic mass is 19.4. The second kappa shape index (κ2) is 11.7. The fraction of sp³-hybridized carbons (Fsp3) is 0.267. The van der Waals surface area contributed by atoms with Crippen LogP contribution in [0.3, 0.4) is 0 Å². The van der Waals surface area contributed by atoms with Gasteiger partial charge in [0.25, 0.3) is 5.91 Å². The lowest BCUT2D eigenvalue weighted by atomic mass is 9.89. The molecule has 1 aliphatic carbocycles. The predicted molar refractivity (Wildman–Crippen MR) is 145 cm³/mol. The van der Waals surface area contributed by atoms with E-state index in [-0.39, 0.29) is 17.8 Å². The number of nitrogens with zero attached hydrogens (tertiary/aromatic N) is 3. The summed E-state index contributed by atoms with van der Waals surface area (Å²) in [6.45, 7) is 2.04. The summed E-state index contributed by atoms with van der Waals surface area (Å²) in [6.07, 6.45) is 4.16. The van der Waals surface area contributed by atoms with E-state index in [1.54, 1.807) is 24.4 Å². The second-order valence-corrected chi connectivity index (χ2v) is 9.67. The molecule has 1 aromatic carbocycles. The molecular formula is C30H28F3N5O2. The maximum absolute atomic E-state index is 12.8. The fourth-order valence-corrected chi connectivity index (χ4v) is 4.53. The van der Waals surface area contributed by atoms with Crippen LogP contribution in [0.5, 0.6) is 11.6 Å². The Bertz CT molecular complexity index is 1490. The number of halogens is 3. The highest BCUT2D eigenvalue weighted by Gasteiger charge is 2.30. The third-order valence-electron chi connectivity index (χ3n) is 6.78. The van der Waals surface area contributed by atoms with Gasteiger partial charge in [-0.1, -0.05) is 30.7 Å². The van der Waals surface area contributed by atoms with Crippen molar-refractivity contribution in [3.8, 4) is 23.0 Å². The smallest absolute Gasteiger partial charge is 0.417 e. The number of hydrogen-bond donors (Lipinski definition) is 2. The van der Waals surface area contributed by atoms with E-state index in [9.17, 15) is 18.0 Å². The number of aryl methyl sites for hydroxylation is 1. The van der Waals surface area contributed by atoms with Crippen LogP contribution in [0.4, 0.5) is 13.2 Å². The van der Waals surface area contributed by atoms with Gasteiger partial charge in [-0.15, -0.1) is 0 Å². The van der Waals surface area contributed by atoms with Crippen molar-refractivity contribution in [3.63, 3.8) is 0 Å². The number of rotatable bonds is 7. The fourth-order valence-electron chi connectivity index (χ4n) is 4.53. The lowest BCUT2D eigenvalue weighted by Crippen LogP contribution is -2.36. The molecule has 10 heteroatoms. The van der Waals surface area contributed by atoms with Crippen molar-refractivity contribution in [1.82, 2.24) is 25.5 Å². The molecule has 0 unspecified atom stereocenters. The SMILES string of the molecule is CCc1cc(-c2ccc(C(=O)NC3CCC(=Cc4cccc(Oc5ccc(C(F)(F)F)cn5)c4)CC3)cn2)n[nH]1. The molecule has 1 amide bonds. The third kappa shape index (κ3) is 6.74. The summed E-state index contributed by atoms with van der Waals surface area (Å²) < 4.78 is 43.9. The van der Waals surface area contributed by atoms with Crippen molar-refractivity contribution in [2.45, 2.75) is 51.2 Å². The number of ether oxygens (including phenoxy) is 1. The number of H-pyrrole nitrogens is 1. The molecular weight excluding hydrogens is 519 g/mol. The van der Waals surface area contributed by atoms with Crippen LogP contribution in [-0.2, 0) is 12.6 Å². The van der Waals surface area contributed by atoms with Gasteiger partial charge in [0, 0.05) is 30.2 Å². The number of pyridine rings is 2. The molecule has 40 heavy (non-hydrogen) atoms. The lowest BCUT2D eigenvalue weighted by Gasteiger charge is -2.25. The molecule has 0 atom stereocenters. The standard InChI is InChI=1S/C30H28F3N5O2/c1-2-23-16-27(38-37-23)26-12-8-21(17-34-26)29(39)36-24-10-6-19(7-11-24)14-20-4-3-5-25(15-20)40-28-13-9-22(18-35-28)30(31,32)33/h3-5,8-9,12-18,24H,2,6-7,10-11H2,1H3,(H,36,39)(H,37,38). The summed E-state index contributed by atoms with van der Waals surface area (Å²) in [7, 11) is 0.